The van der Waals surface area contributed by atoms with Gasteiger partial charge < -0.3 is 10.1 Å². The molecule has 6 nitrogen and oxygen atoms in total. The first-order valence-corrected chi connectivity index (χ1v) is 10.9. The minimum Gasteiger partial charge on any atom is -0.483 e. The van der Waals surface area contributed by atoms with E-state index in [9.17, 15) is 9.59 Å². The van der Waals surface area contributed by atoms with Crippen molar-refractivity contribution in [3.63, 3.8) is 0 Å². The fourth-order valence-corrected chi connectivity index (χ4v) is 3.31. The number of anilines is 1. The van der Waals surface area contributed by atoms with Gasteiger partial charge in [0, 0.05) is 26.3 Å². The zero-order valence-electron chi connectivity index (χ0n) is 17.5. The molecule has 0 heterocycles. The van der Waals surface area contributed by atoms with E-state index in [0.29, 0.717) is 21.9 Å². The fourth-order valence-electron chi connectivity index (χ4n) is 2.86. The molecule has 32 heavy (non-hydrogen) atoms. The number of rotatable bonds is 7. The molecule has 0 unspecified atom stereocenters. The van der Waals surface area contributed by atoms with Gasteiger partial charge in [-0.2, -0.15) is 5.10 Å². The number of nitrogens with one attached hydrogen (secondary N) is 2. The molecule has 0 aliphatic heterocycles. The van der Waals surface area contributed by atoms with E-state index in [2.05, 4.69) is 31.8 Å². The number of benzene rings is 3. The van der Waals surface area contributed by atoms with Crippen LogP contribution in [-0.2, 0) is 4.79 Å². The van der Waals surface area contributed by atoms with Crippen LogP contribution in [0.15, 0.2) is 70.2 Å². The van der Waals surface area contributed by atoms with Gasteiger partial charge in [-0.15, -0.1) is 0 Å². The number of ether oxygens (including phenoxy) is 1. The van der Waals surface area contributed by atoms with Crippen molar-refractivity contribution >= 4 is 51.2 Å². The minimum absolute atomic E-state index is 0.193. The second kappa shape index (κ2) is 10.9. The first-order chi connectivity index (χ1) is 15.3. The van der Waals surface area contributed by atoms with Crippen molar-refractivity contribution in [2.24, 2.45) is 5.10 Å². The molecule has 8 heteroatoms. The highest BCUT2D eigenvalue weighted by Crippen LogP contribution is 2.22. The van der Waals surface area contributed by atoms with Gasteiger partial charge in [0.2, 0.25) is 0 Å². The number of carbonyl (C=O) groups is 2. The molecule has 0 saturated carbocycles. The summed E-state index contributed by atoms with van der Waals surface area (Å²) in [6.07, 6.45) is 1.42. The highest BCUT2D eigenvalue weighted by Gasteiger charge is 2.09. The molecule has 0 aromatic heterocycles. The summed E-state index contributed by atoms with van der Waals surface area (Å²) in [6, 6.07) is 17.6. The average molecular weight is 515 g/mol. The van der Waals surface area contributed by atoms with E-state index in [4.69, 9.17) is 16.3 Å². The second-order valence-corrected chi connectivity index (χ2v) is 8.40. The number of nitrogens with zero attached hydrogens (tertiary/aromatic N) is 1. The lowest BCUT2D eigenvalue weighted by atomic mass is 10.1. The van der Waals surface area contributed by atoms with Crippen LogP contribution in [0.4, 0.5) is 5.69 Å². The Bertz CT molecular complexity index is 1160. The van der Waals surface area contributed by atoms with E-state index in [1.165, 1.54) is 6.21 Å². The zero-order chi connectivity index (χ0) is 23.1. The zero-order valence-corrected chi connectivity index (χ0v) is 19.8. The Labute approximate surface area is 199 Å². The lowest BCUT2D eigenvalue weighted by Crippen LogP contribution is -2.21. The van der Waals surface area contributed by atoms with Gasteiger partial charge in [0.05, 0.1) is 6.21 Å². The summed E-state index contributed by atoms with van der Waals surface area (Å²) < 4.78 is 6.54. The van der Waals surface area contributed by atoms with Crippen molar-refractivity contribution in [3.05, 3.63) is 92.4 Å². The van der Waals surface area contributed by atoms with Gasteiger partial charge >= 0.3 is 0 Å². The van der Waals surface area contributed by atoms with Crippen molar-refractivity contribution in [1.29, 1.82) is 0 Å². The number of aryl methyl sites for hydroxylation is 2. The first kappa shape index (κ1) is 23.5. The number of hydrazone groups is 1. The molecular formula is C24H21BrClN3O3. The van der Waals surface area contributed by atoms with Gasteiger partial charge in [-0.25, -0.2) is 5.43 Å². The molecule has 0 bridgehead atoms. The molecule has 3 rings (SSSR count). The molecule has 0 fully saturated rings. The molecule has 0 aliphatic carbocycles. The van der Waals surface area contributed by atoms with Crippen molar-refractivity contribution in [3.8, 4) is 5.75 Å². The van der Waals surface area contributed by atoms with E-state index in [-0.39, 0.29) is 18.4 Å². The molecule has 0 aliphatic rings. The molecule has 3 aromatic rings. The van der Waals surface area contributed by atoms with Crippen LogP contribution in [0.2, 0.25) is 5.02 Å². The summed E-state index contributed by atoms with van der Waals surface area (Å²) in [5.41, 5.74) is 6.27. The molecule has 0 spiro atoms. The molecule has 2 N–H and O–H groups in total. The molecule has 0 atom stereocenters. The Morgan fingerprint density at radius 3 is 2.53 bits per heavy atom. The number of halogens is 2. The summed E-state index contributed by atoms with van der Waals surface area (Å²) in [5.74, 6) is -0.240. The van der Waals surface area contributed by atoms with Crippen molar-refractivity contribution in [2.45, 2.75) is 13.8 Å². The van der Waals surface area contributed by atoms with Crippen molar-refractivity contribution < 1.29 is 14.3 Å². The largest absolute Gasteiger partial charge is 0.483 e. The Hall–Kier alpha value is -3.16. The van der Waals surface area contributed by atoms with Gasteiger partial charge in [0.25, 0.3) is 11.8 Å². The van der Waals surface area contributed by atoms with Gasteiger partial charge in [-0.3, -0.25) is 9.59 Å². The van der Waals surface area contributed by atoms with Gasteiger partial charge in [0.1, 0.15) is 5.75 Å². The second-order valence-electron chi connectivity index (χ2n) is 7.04. The maximum Gasteiger partial charge on any atom is 0.271 e. The summed E-state index contributed by atoms with van der Waals surface area (Å²) in [7, 11) is 0. The van der Waals surface area contributed by atoms with E-state index in [0.717, 1.165) is 21.3 Å². The number of hydrogen-bond donors (Lipinski definition) is 2. The van der Waals surface area contributed by atoms with Crippen LogP contribution in [0.3, 0.4) is 0 Å². The van der Waals surface area contributed by atoms with Gasteiger partial charge in [0.15, 0.2) is 6.61 Å². The SMILES string of the molecule is Cc1ccc(NC(=O)COc2ccc(Cl)cc2/C=N/NC(=O)c2ccc(Br)cc2)c(C)c1. The van der Waals surface area contributed by atoms with E-state index >= 15 is 0 Å². The minimum atomic E-state index is -0.355. The van der Waals surface area contributed by atoms with Crippen LogP contribution in [0.25, 0.3) is 0 Å². The normalized spacial score (nSPS) is 10.8. The van der Waals surface area contributed by atoms with Crippen LogP contribution in [0, 0.1) is 13.8 Å². The summed E-state index contributed by atoms with van der Waals surface area (Å²) >= 11 is 9.41. The van der Waals surface area contributed by atoms with Crippen LogP contribution in [0.5, 0.6) is 5.75 Å². The number of carbonyl (C=O) groups excluding carboxylic acids is 2. The van der Waals surface area contributed by atoms with Crippen LogP contribution in [-0.4, -0.2) is 24.6 Å². The smallest absolute Gasteiger partial charge is 0.271 e. The molecular weight excluding hydrogens is 494 g/mol. The summed E-state index contributed by atoms with van der Waals surface area (Å²) in [6.45, 7) is 3.73. The van der Waals surface area contributed by atoms with Crippen LogP contribution in [0.1, 0.15) is 27.0 Å². The molecule has 0 radical (unpaired) electrons. The average Bonchev–Trinajstić information content (AvgIpc) is 2.75. The van der Waals surface area contributed by atoms with E-state index in [1.807, 2.05) is 32.0 Å². The topological polar surface area (TPSA) is 79.8 Å². The highest BCUT2D eigenvalue weighted by atomic mass is 79.9. The number of amides is 2. The Morgan fingerprint density at radius 2 is 1.81 bits per heavy atom. The highest BCUT2D eigenvalue weighted by molar-refractivity contribution is 9.10. The quantitative estimate of drug-likeness (QED) is 0.323. The third-order valence-electron chi connectivity index (χ3n) is 4.46. The number of hydrogen-bond acceptors (Lipinski definition) is 4. The Kier molecular flexibility index (Phi) is 8.03. The van der Waals surface area contributed by atoms with Crippen molar-refractivity contribution in [1.82, 2.24) is 5.43 Å². The van der Waals surface area contributed by atoms with Gasteiger partial charge in [-0.05, 0) is 67.9 Å². The third kappa shape index (κ3) is 6.67. The fraction of sp³-hybridized carbons (Fsp3) is 0.125. The maximum atomic E-state index is 12.3. The van der Waals surface area contributed by atoms with E-state index < -0.39 is 0 Å². The van der Waals surface area contributed by atoms with Crippen molar-refractivity contribution in [2.75, 3.05) is 11.9 Å². The Balaban J connectivity index is 1.62. The third-order valence-corrected chi connectivity index (χ3v) is 5.23. The Morgan fingerprint density at radius 1 is 1.06 bits per heavy atom. The molecule has 164 valence electrons. The maximum absolute atomic E-state index is 12.3. The van der Waals surface area contributed by atoms with Crippen LogP contribution < -0.4 is 15.5 Å². The molecule has 0 saturated heterocycles. The van der Waals surface area contributed by atoms with E-state index in [1.54, 1.807) is 42.5 Å². The predicted octanol–water partition coefficient (Wildman–Crippen LogP) is 5.50. The monoisotopic (exact) mass is 513 g/mol. The summed E-state index contributed by atoms with van der Waals surface area (Å²) in [4.78, 5) is 24.5. The lowest BCUT2D eigenvalue weighted by Gasteiger charge is -2.12. The summed E-state index contributed by atoms with van der Waals surface area (Å²) in [5, 5.41) is 7.29. The standard InChI is InChI=1S/C24H21BrClN3O3/c1-15-3-9-21(16(2)11-15)28-23(30)14-32-22-10-8-20(26)12-18(22)13-27-29-24(31)17-4-6-19(25)7-5-17/h3-13H,14H2,1-2H3,(H,28,30)(H,29,31)/b27-13+. The predicted molar refractivity (Wildman–Crippen MR) is 131 cm³/mol. The van der Waals surface area contributed by atoms with Crippen LogP contribution >= 0.6 is 27.5 Å². The molecule has 2 amide bonds. The van der Waals surface area contributed by atoms with Gasteiger partial charge in [-0.1, -0.05) is 45.2 Å². The molecule has 3 aromatic carbocycles. The lowest BCUT2D eigenvalue weighted by molar-refractivity contribution is -0.118. The first-order valence-electron chi connectivity index (χ1n) is 9.70.